The van der Waals surface area contributed by atoms with E-state index in [1.165, 1.54) is 16.7 Å². The minimum atomic E-state index is -5.10. The van der Waals surface area contributed by atoms with Crippen molar-refractivity contribution in [2.45, 2.75) is 5.37 Å². The molecule has 1 atom stereocenters. The van der Waals surface area contributed by atoms with E-state index < -0.39 is 34.2 Å². The molecule has 0 aliphatic carbocycles. The number of sulfone groups is 1. The van der Waals surface area contributed by atoms with Crippen LogP contribution >= 0.6 is 11.8 Å². The van der Waals surface area contributed by atoms with Crippen molar-refractivity contribution in [3.63, 3.8) is 0 Å². The molecule has 100 valence electrons. The topological polar surface area (TPSA) is 37.4 Å². The Kier molecular flexibility index (Phi) is 8.11. The van der Waals surface area contributed by atoms with E-state index in [1.54, 1.807) is 0 Å². The van der Waals surface area contributed by atoms with Crippen LogP contribution in [-0.2, 0) is 9.84 Å². The van der Waals surface area contributed by atoms with Gasteiger partial charge in [-0.2, -0.15) is 11.8 Å². The normalized spacial score (nSPS) is 22.3. The molecule has 1 saturated heterocycles. The summed E-state index contributed by atoms with van der Waals surface area (Å²) in [5.41, 5.74) is -0.842. The number of rotatable bonds is 4. The number of halogens is 3. The fourth-order valence-electron chi connectivity index (χ4n) is 1.55. The predicted molar refractivity (Wildman–Crippen MR) is 65.7 cm³/mol. The number of hydrogen-bond donors (Lipinski definition) is 0. The second kappa shape index (κ2) is 7.49. The molecule has 1 fully saturated rings. The maximum atomic E-state index is 12.4. The Hall–Kier alpha value is 1.49. The maximum absolute atomic E-state index is 12.4. The van der Waals surface area contributed by atoms with Crippen LogP contribution in [0.4, 0.5) is 12.9 Å². The molecule has 0 radical (unpaired) electrons. The summed E-state index contributed by atoms with van der Waals surface area (Å²) in [6.07, 6.45) is 1.05. The van der Waals surface area contributed by atoms with Crippen molar-refractivity contribution in [1.29, 1.82) is 0 Å². The molecule has 1 rings (SSSR count). The zero-order valence-electron chi connectivity index (χ0n) is 10.4. The van der Waals surface area contributed by atoms with Gasteiger partial charge in [0.05, 0.1) is 0 Å². The van der Waals surface area contributed by atoms with Gasteiger partial charge in [0.15, 0.2) is 9.84 Å². The van der Waals surface area contributed by atoms with Crippen LogP contribution in [0.5, 0.6) is 0 Å². The molecule has 10 heteroatoms. The third-order valence-electron chi connectivity index (χ3n) is 2.55. The number of hydrogen-bond acceptors (Lipinski definition) is 4. The molecule has 0 aromatic heterocycles. The van der Waals surface area contributed by atoms with Crippen LogP contribution in [-0.4, -0.2) is 56.5 Å². The van der Waals surface area contributed by atoms with E-state index in [0.717, 1.165) is 6.26 Å². The van der Waals surface area contributed by atoms with Gasteiger partial charge in [0.1, 0.15) is 5.37 Å². The summed E-state index contributed by atoms with van der Waals surface area (Å²) >= 11 is 1.44. The second-order valence-electron chi connectivity index (χ2n) is 4.06. The van der Waals surface area contributed by atoms with Crippen molar-refractivity contribution >= 4 is 28.6 Å². The summed E-state index contributed by atoms with van der Waals surface area (Å²) in [6.45, 7) is -2.18. The molecule has 0 spiro atoms. The van der Waals surface area contributed by atoms with E-state index >= 15 is 0 Å². The standard InChI is InChI=1S/C8H14BF3NO2S2.K/c1-7(9(10,11)12)5-13-3-4-16-6-8(13)17(2,14)15;/h8H,1,3-6H2,2H3;/q-1;+1. The van der Waals surface area contributed by atoms with E-state index in [-0.39, 0.29) is 51.4 Å². The first kappa shape index (κ1) is 19.5. The third-order valence-corrected chi connectivity index (χ3v) is 5.24. The molecule has 1 aliphatic rings. The van der Waals surface area contributed by atoms with Crippen molar-refractivity contribution in [3.05, 3.63) is 12.1 Å². The summed E-state index contributed by atoms with van der Waals surface area (Å²) < 4.78 is 60.2. The minimum absolute atomic E-state index is 0. The van der Waals surface area contributed by atoms with E-state index in [9.17, 15) is 21.4 Å². The molecule has 0 bridgehead atoms. The summed E-state index contributed by atoms with van der Waals surface area (Å²) in [5.74, 6) is 0.959. The second-order valence-corrected chi connectivity index (χ2v) is 7.42. The molecule has 1 heterocycles. The SMILES string of the molecule is C=C(CN1CCSCC1S(C)(=O)=O)[B-](F)(F)F.[K+]. The monoisotopic (exact) mass is 327 g/mol. The first-order valence-corrected chi connectivity index (χ1v) is 8.11. The number of thioether (sulfide) groups is 1. The minimum Gasteiger partial charge on any atom is -0.445 e. The van der Waals surface area contributed by atoms with Gasteiger partial charge in [-0.15, -0.1) is 12.1 Å². The molecule has 0 N–H and O–H groups in total. The molecule has 1 unspecified atom stereocenters. The van der Waals surface area contributed by atoms with E-state index in [0.29, 0.717) is 18.1 Å². The van der Waals surface area contributed by atoms with Gasteiger partial charge in [-0.05, 0) is 6.54 Å². The smallest absolute Gasteiger partial charge is 0.445 e. The Bertz CT molecular complexity index is 402. The first-order chi connectivity index (χ1) is 7.62. The van der Waals surface area contributed by atoms with Crippen molar-refractivity contribution in [2.75, 3.05) is 30.9 Å². The van der Waals surface area contributed by atoms with Crippen LogP contribution in [0.15, 0.2) is 12.1 Å². The Balaban J connectivity index is 0.00000289. The van der Waals surface area contributed by atoms with E-state index in [1.807, 2.05) is 0 Å². The van der Waals surface area contributed by atoms with Crippen molar-refractivity contribution < 1.29 is 72.7 Å². The fraction of sp³-hybridized carbons (Fsp3) is 0.750. The number of nitrogens with zero attached hydrogens (tertiary/aromatic N) is 1. The van der Waals surface area contributed by atoms with Crippen LogP contribution < -0.4 is 51.4 Å². The Labute approximate surface area is 152 Å². The van der Waals surface area contributed by atoms with Crippen LogP contribution in [0.25, 0.3) is 0 Å². The maximum Gasteiger partial charge on any atom is 1.00 e. The Morgan fingerprint density at radius 3 is 2.50 bits per heavy atom. The molecule has 0 saturated carbocycles. The average Bonchev–Trinajstić information content (AvgIpc) is 2.15. The Morgan fingerprint density at radius 2 is 2.06 bits per heavy atom. The summed E-state index contributed by atoms with van der Waals surface area (Å²) in [6, 6.07) is 0. The van der Waals surface area contributed by atoms with Gasteiger partial charge in [0, 0.05) is 24.3 Å². The van der Waals surface area contributed by atoms with Gasteiger partial charge in [-0.3, -0.25) is 4.90 Å². The molecule has 18 heavy (non-hydrogen) atoms. The molecule has 3 nitrogen and oxygen atoms in total. The van der Waals surface area contributed by atoms with Gasteiger partial charge >= 0.3 is 58.4 Å². The van der Waals surface area contributed by atoms with Gasteiger partial charge in [0.25, 0.3) is 0 Å². The van der Waals surface area contributed by atoms with Crippen molar-refractivity contribution in [2.24, 2.45) is 0 Å². The van der Waals surface area contributed by atoms with E-state index in [2.05, 4.69) is 6.58 Å². The van der Waals surface area contributed by atoms with Crippen LogP contribution in [0.2, 0.25) is 0 Å². The quantitative estimate of drug-likeness (QED) is 0.580. The molecule has 0 amide bonds. The summed E-state index contributed by atoms with van der Waals surface area (Å²) in [5, 5.41) is -0.837. The van der Waals surface area contributed by atoms with Gasteiger partial charge in [-0.1, -0.05) is 0 Å². The summed E-state index contributed by atoms with van der Waals surface area (Å²) in [7, 11) is -3.36. The largest absolute Gasteiger partial charge is 1.00 e. The molecular weight excluding hydrogens is 313 g/mol. The first-order valence-electron chi connectivity index (χ1n) is 5.00. The Morgan fingerprint density at radius 1 is 1.50 bits per heavy atom. The third kappa shape index (κ3) is 5.86. The van der Waals surface area contributed by atoms with Crippen molar-refractivity contribution in [1.82, 2.24) is 4.90 Å². The van der Waals surface area contributed by atoms with Crippen LogP contribution in [0.1, 0.15) is 0 Å². The average molecular weight is 327 g/mol. The predicted octanol–water partition coefficient (Wildman–Crippen LogP) is -1.65. The van der Waals surface area contributed by atoms with E-state index in [4.69, 9.17) is 0 Å². The van der Waals surface area contributed by atoms with Gasteiger partial charge in [-0.25, -0.2) is 8.42 Å². The summed E-state index contributed by atoms with van der Waals surface area (Å²) in [4.78, 5) is 1.35. The van der Waals surface area contributed by atoms with Crippen LogP contribution in [0.3, 0.4) is 0 Å². The van der Waals surface area contributed by atoms with Crippen LogP contribution in [0, 0.1) is 0 Å². The van der Waals surface area contributed by atoms with Gasteiger partial charge < -0.3 is 12.9 Å². The fourth-order valence-corrected chi connectivity index (χ4v) is 4.50. The van der Waals surface area contributed by atoms with Gasteiger partial charge in [0.2, 0.25) is 0 Å². The molecule has 0 aromatic rings. The van der Waals surface area contributed by atoms with Crippen molar-refractivity contribution in [3.8, 4) is 0 Å². The molecular formula is C8H14BF3KNO2S2. The zero-order chi connectivity index (χ0) is 13.3. The zero-order valence-corrected chi connectivity index (χ0v) is 15.2. The molecule has 0 aromatic carbocycles. The molecule has 1 aliphatic heterocycles.